The van der Waals surface area contributed by atoms with Gasteiger partial charge in [-0.2, -0.15) is 0 Å². The number of hydrogen-bond acceptors (Lipinski definition) is 6. The van der Waals surface area contributed by atoms with Crippen molar-refractivity contribution >= 4 is 44.8 Å². The zero-order valence-corrected chi connectivity index (χ0v) is 29.7. The van der Waals surface area contributed by atoms with E-state index >= 15 is 0 Å². The zero-order valence-electron chi connectivity index (χ0n) is 28.1. The molecule has 2 fully saturated rings. The molecule has 1 N–H and O–H groups in total. The number of carboxylic acid groups (broad SMARTS) is 1. The lowest BCUT2D eigenvalue weighted by molar-refractivity contribution is -0.160. The first-order chi connectivity index (χ1) is 22.4. The van der Waals surface area contributed by atoms with E-state index in [-0.39, 0.29) is 6.04 Å². The van der Waals surface area contributed by atoms with E-state index in [1.807, 2.05) is 58.0 Å². The molecule has 8 heteroatoms. The minimum atomic E-state index is -1.14. The third kappa shape index (κ3) is 6.28. The Hall–Kier alpha value is -3.10. The smallest absolute Gasteiger partial charge is 0.337 e. The number of rotatable bonds is 7. The summed E-state index contributed by atoms with van der Waals surface area (Å²) in [6.07, 6.45) is 3.87. The van der Waals surface area contributed by atoms with Crippen molar-refractivity contribution in [3.63, 3.8) is 0 Å². The highest BCUT2D eigenvalue weighted by Crippen LogP contribution is 2.45. The molecular formula is C39H44ClN3O3S. The minimum Gasteiger partial charge on any atom is -0.479 e. The van der Waals surface area contributed by atoms with E-state index in [1.165, 1.54) is 29.7 Å². The SMILES string of the molecule is Cc1cc2nc(-c3ccc4c(c3)C(C3CCN(C5CC(C)C5)CC3)=NC4C)sc2c(-c2ccc(Cl)cc2)c1[C@H](OC(C)(C)C)C(=O)O. The molecule has 0 amide bonds. The monoisotopic (exact) mass is 669 g/mol. The summed E-state index contributed by atoms with van der Waals surface area (Å²) in [4.78, 5) is 25.8. The molecule has 0 spiro atoms. The first-order valence-corrected chi connectivity index (χ1v) is 18.1. The second-order valence-corrected chi connectivity index (χ2v) is 16.3. The van der Waals surface area contributed by atoms with Crippen LogP contribution in [0.5, 0.6) is 0 Å². The van der Waals surface area contributed by atoms with Crippen molar-refractivity contribution in [1.82, 2.24) is 9.88 Å². The summed E-state index contributed by atoms with van der Waals surface area (Å²) in [6, 6.07) is 17.2. The number of halogens is 1. The van der Waals surface area contributed by atoms with E-state index in [4.69, 9.17) is 26.3 Å². The average molecular weight is 670 g/mol. The third-order valence-corrected chi connectivity index (χ3v) is 11.5. The predicted molar refractivity (Wildman–Crippen MR) is 193 cm³/mol. The Morgan fingerprint density at radius 3 is 2.36 bits per heavy atom. The van der Waals surface area contributed by atoms with Gasteiger partial charge in [-0.3, -0.25) is 4.99 Å². The van der Waals surface area contributed by atoms with Crippen molar-refractivity contribution in [1.29, 1.82) is 0 Å². The number of fused-ring (bicyclic) bond motifs is 2. The number of carbonyl (C=O) groups is 1. The number of benzene rings is 3. The molecule has 1 saturated heterocycles. The molecule has 2 aliphatic heterocycles. The molecular weight excluding hydrogens is 626 g/mol. The van der Waals surface area contributed by atoms with Gasteiger partial charge in [-0.15, -0.1) is 11.3 Å². The van der Waals surface area contributed by atoms with Crippen molar-refractivity contribution in [3.8, 4) is 21.7 Å². The standard InChI is InChI=1S/C39H44ClN3O3S/c1-21-17-28(18-21)43-15-13-25(14-16-43)34-30-20-26(9-12-29(30)23(3)41-34)37-42-31-19-22(2)32(35(38(44)45)46-39(4,5)6)33(36(31)47-37)24-7-10-27(40)11-8-24/h7-12,19-21,23,25,28,35H,13-18H2,1-6H3,(H,44,45)/t21?,23?,28?,35-/m0/s1. The number of aryl methyl sites for hydroxylation is 1. The zero-order chi connectivity index (χ0) is 33.2. The second kappa shape index (κ2) is 12.4. The second-order valence-electron chi connectivity index (χ2n) is 14.8. The molecule has 2 atom stereocenters. The Labute approximate surface area is 286 Å². The predicted octanol–water partition coefficient (Wildman–Crippen LogP) is 9.91. The van der Waals surface area contributed by atoms with Crippen LogP contribution in [0.4, 0.5) is 0 Å². The Bertz CT molecular complexity index is 1860. The first-order valence-electron chi connectivity index (χ1n) is 16.9. The maximum absolute atomic E-state index is 12.7. The molecule has 1 aliphatic carbocycles. The summed E-state index contributed by atoms with van der Waals surface area (Å²) in [6.45, 7) is 14.5. The Balaban J connectivity index is 1.28. The third-order valence-electron chi connectivity index (χ3n) is 10.2. The van der Waals surface area contributed by atoms with Crippen molar-refractivity contribution in [2.75, 3.05) is 13.1 Å². The molecule has 0 radical (unpaired) electrons. The Kier molecular flexibility index (Phi) is 8.57. The maximum Gasteiger partial charge on any atom is 0.337 e. The van der Waals surface area contributed by atoms with Crippen LogP contribution >= 0.6 is 22.9 Å². The van der Waals surface area contributed by atoms with Crippen molar-refractivity contribution in [2.45, 2.75) is 91.0 Å². The van der Waals surface area contributed by atoms with Crippen LogP contribution in [0.15, 0.2) is 53.5 Å². The molecule has 1 saturated carbocycles. The van der Waals surface area contributed by atoms with E-state index in [2.05, 4.69) is 36.9 Å². The van der Waals surface area contributed by atoms with Gasteiger partial charge >= 0.3 is 5.97 Å². The van der Waals surface area contributed by atoms with Crippen molar-refractivity contribution in [3.05, 3.63) is 75.8 Å². The summed E-state index contributed by atoms with van der Waals surface area (Å²) >= 11 is 7.89. The Morgan fingerprint density at radius 2 is 1.72 bits per heavy atom. The number of likely N-dealkylation sites (tertiary alicyclic amines) is 1. The lowest BCUT2D eigenvalue weighted by Gasteiger charge is -2.45. The minimum absolute atomic E-state index is 0.160. The van der Waals surface area contributed by atoms with Crippen molar-refractivity contribution in [2.24, 2.45) is 16.8 Å². The Morgan fingerprint density at radius 1 is 1.04 bits per heavy atom. The molecule has 1 unspecified atom stereocenters. The number of ether oxygens (including phenoxy) is 1. The molecule has 4 aromatic rings. The van der Waals surface area contributed by atoms with Gasteiger partial charge in [-0.05, 0) is 120 Å². The van der Waals surface area contributed by atoms with Gasteiger partial charge in [0, 0.05) is 44.9 Å². The van der Waals surface area contributed by atoms with Crippen LogP contribution in [0, 0.1) is 18.8 Å². The summed E-state index contributed by atoms with van der Waals surface area (Å²) in [5.41, 5.74) is 8.28. The molecule has 246 valence electrons. The molecule has 47 heavy (non-hydrogen) atoms. The number of carboxylic acids is 1. The van der Waals surface area contributed by atoms with Crippen LogP contribution < -0.4 is 0 Å². The summed E-state index contributed by atoms with van der Waals surface area (Å²) < 4.78 is 7.14. The van der Waals surface area contributed by atoms with Gasteiger partial charge in [-0.1, -0.05) is 42.8 Å². The van der Waals surface area contributed by atoms with Crippen LogP contribution in [0.1, 0.15) is 94.7 Å². The van der Waals surface area contributed by atoms with E-state index in [0.29, 0.717) is 16.5 Å². The molecule has 0 bridgehead atoms. The van der Waals surface area contributed by atoms with Crippen LogP contribution in [-0.4, -0.2) is 51.4 Å². The molecule has 3 heterocycles. The highest BCUT2D eigenvalue weighted by Gasteiger charge is 2.36. The van der Waals surface area contributed by atoms with E-state index < -0.39 is 17.7 Å². The van der Waals surface area contributed by atoms with E-state index in [0.717, 1.165) is 75.4 Å². The van der Waals surface area contributed by atoms with Crippen molar-refractivity contribution < 1.29 is 14.6 Å². The van der Waals surface area contributed by atoms with Gasteiger partial charge in [-0.25, -0.2) is 9.78 Å². The highest BCUT2D eigenvalue weighted by atomic mass is 35.5. The van der Waals surface area contributed by atoms with Crippen LogP contribution in [0.25, 0.3) is 31.9 Å². The van der Waals surface area contributed by atoms with Gasteiger partial charge < -0.3 is 14.7 Å². The number of nitrogens with zero attached hydrogens (tertiary/aromatic N) is 3. The summed E-state index contributed by atoms with van der Waals surface area (Å²) in [7, 11) is 0. The van der Waals surface area contributed by atoms with Crippen LogP contribution in [-0.2, 0) is 9.53 Å². The van der Waals surface area contributed by atoms with Gasteiger partial charge in [0.05, 0.1) is 21.9 Å². The van der Waals surface area contributed by atoms with Gasteiger partial charge in [0.15, 0.2) is 6.10 Å². The van der Waals surface area contributed by atoms with E-state index in [1.54, 1.807) is 11.3 Å². The first kappa shape index (κ1) is 32.4. The fourth-order valence-corrected chi connectivity index (χ4v) is 9.05. The fourth-order valence-electron chi connectivity index (χ4n) is 7.81. The lowest BCUT2D eigenvalue weighted by Crippen LogP contribution is -2.48. The van der Waals surface area contributed by atoms with Gasteiger partial charge in [0.1, 0.15) is 5.01 Å². The maximum atomic E-state index is 12.7. The number of aromatic nitrogens is 1. The normalized spacial score (nSPS) is 22.6. The summed E-state index contributed by atoms with van der Waals surface area (Å²) in [5, 5.41) is 12.0. The fraction of sp³-hybridized carbons (Fsp3) is 0.462. The quantitative estimate of drug-likeness (QED) is 0.212. The number of thiazole rings is 1. The summed E-state index contributed by atoms with van der Waals surface area (Å²) in [5.74, 6) is 0.337. The molecule has 3 aliphatic rings. The van der Waals surface area contributed by atoms with Crippen LogP contribution in [0.3, 0.4) is 0 Å². The molecule has 1 aromatic heterocycles. The van der Waals surface area contributed by atoms with Gasteiger partial charge in [0.2, 0.25) is 0 Å². The van der Waals surface area contributed by atoms with Crippen LogP contribution in [0.2, 0.25) is 5.02 Å². The van der Waals surface area contributed by atoms with Gasteiger partial charge in [0.25, 0.3) is 0 Å². The van der Waals surface area contributed by atoms with E-state index in [9.17, 15) is 9.90 Å². The lowest BCUT2D eigenvalue weighted by atomic mass is 9.79. The molecule has 7 rings (SSSR count). The highest BCUT2D eigenvalue weighted by molar-refractivity contribution is 7.22. The average Bonchev–Trinajstić information content (AvgIpc) is 3.58. The number of piperidine rings is 1. The number of aliphatic carboxylic acids is 1. The number of aliphatic imine (C=N–C) groups is 1. The molecule has 6 nitrogen and oxygen atoms in total. The number of hydrogen-bond donors (Lipinski definition) is 1. The largest absolute Gasteiger partial charge is 0.479 e. The molecule has 3 aromatic carbocycles. The topological polar surface area (TPSA) is 75.0 Å².